The molecule has 0 heterocycles. The Bertz CT molecular complexity index is 834. The number of rotatable bonds is 12. The van der Waals surface area contributed by atoms with E-state index >= 15 is 0 Å². The molecule has 0 aliphatic heterocycles. The molecule has 0 spiro atoms. The molecule has 1 atom stereocenters. The third-order valence-electron chi connectivity index (χ3n) is 4.36. The van der Waals surface area contributed by atoms with E-state index in [0.717, 1.165) is 5.57 Å². The van der Waals surface area contributed by atoms with Crippen LogP contribution < -0.4 is 5.32 Å². The summed E-state index contributed by atoms with van der Waals surface area (Å²) >= 11 is 0. The van der Waals surface area contributed by atoms with Crippen LogP contribution in [-0.4, -0.2) is 65.2 Å². The fourth-order valence-corrected chi connectivity index (χ4v) is 20.4. The number of carbonyl (C=O) groups excluding carboxylic acids is 1. The molecule has 33 heavy (non-hydrogen) atoms. The second kappa shape index (κ2) is 11.9. The Kier molecular flexibility index (Phi) is 11.5. The zero-order valence-corrected chi connectivity index (χ0v) is 27.0. The second-order valence-corrected chi connectivity index (χ2v) is 27.3. The number of nitriles is 1. The molecular formula is C22H45N3O4Si4. The number of amides is 1. The molecule has 0 rings (SSSR count). The van der Waals surface area contributed by atoms with Crippen molar-refractivity contribution in [3.63, 3.8) is 0 Å². The van der Waals surface area contributed by atoms with Gasteiger partial charge in [0.15, 0.2) is 16.6 Å². The van der Waals surface area contributed by atoms with Crippen molar-refractivity contribution in [1.29, 1.82) is 5.26 Å². The SMILES string of the molecule is C=C(CNC(=O)C(C#N)=C(C)C(C)=CN(C)C)[Si](C)(O[Si](C)(C)C)O[Si](C)(C)O[Si](C)(C)C. The molecule has 0 aliphatic carbocycles. The summed E-state index contributed by atoms with van der Waals surface area (Å²) in [4.78, 5) is 14.7. The van der Waals surface area contributed by atoms with Crippen molar-refractivity contribution >= 4 is 39.7 Å². The van der Waals surface area contributed by atoms with Gasteiger partial charge >= 0.3 is 17.1 Å². The monoisotopic (exact) mass is 527 g/mol. The topological polar surface area (TPSA) is 83.8 Å². The van der Waals surface area contributed by atoms with Crippen molar-refractivity contribution in [3.8, 4) is 6.07 Å². The van der Waals surface area contributed by atoms with Crippen molar-refractivity contribution in [2.24, 2.45) is 0 Å². The molecule has 0 radical (unpaired) electrons. The summed E-state index contributed by atoms with van der Waals surface area (Å²) in [6, 6.07) is 2.05. The Morgan fingerprint density at radius 2 is 1.45 bits per heavy atom. The summed E-state index contributed by atoms with van der Waals surface area (Å²) in [6.45, 7) is 26.9. The molecule has 0 saturated carbocycles. The number of nitrogens with one attached hydrogen (secondary N) is 1. The van der Waals surface area contributed by atoms with Crippen LogP contribution >= 0.6 is 0 Å². The van der Waals surface area contributed by atoms with Gasteiger partial charge in [-0.25, -0.2) is 0 Å². The highest BCUT2D eigenvalue weighted by Crippen LogP contribution is 2.28. The van der Waals surface area contributed by atoms with Gasteiger partial charge in [0, 0.05) is 26.8 Å². The smallest absolute Gasteiger partial charge is 0.347 e. The van der Waals surface area contributed by atoms with Crippen molar-refractivity contribution in [1.82, 2.24) is 10.2 Å². The van der Waals surface area contributed by atoms with Crippen molar-refractivity contribution in [2.45, 2.75) is 72.8 Å². The minimum atomic E-state index is -2.91. The van der Waals surface area contributed by atoms with Gasteiger partial charge in [0.1, 0.15) is 11.6 Å². The average Bonchev–Trinajstić information content (AvgIpc) is 2.54. The molecule has 0 aliphatic rings. The molecule has 0 bridgehead atoms. The van der Waals surface area contributed by atoms with Crippen LogP contribution in [0.1, 0.15) is 13.8 Å². The molecule has 1 N–H and O–H groups in total. The molecule has 1 unspecified atom stereocenters. The summed E-state index contributed by atoms with van der Waals surface area (Å²) in [5, 5.41) is 13.2. The quantitative estimate of drug-likeness (QED) is 0.166. The van der Waals surface area contributed by atoms with E-state index in [0.29, 0.717) is 10.8 Å². The Morgan fingerprint density at radius 3 is 1.85 bits per heavy atom. The highest BCUT2D eigenvalue weighted by atomic mass is 28.5. The van der Waals surface area contributed by atoms with Gasteiger partial charge in [-0.05, 0) is 89.1 Å². The number of allylic oxidation sites excluding steroid dienone is 2. The first kappa shape index (κ1) is 31.7. The number of carbonyl (C=O) groups is 1. The zero-order chi connectivity index (χ0) is 26.4. The van der Waals surface area contributed by atoms with E-state index in [1.54, 1.807) is 6.92 Å². The molecule has 0 saturated heterocycles. The van der Waals surface area contributed by atoms with Crippen LogP contribution in [-0.2, 0) is 17.1 Å². The molecule has 0 fully saturated rings. The summed E-state index contributed by atoms with van der Waals surface area (Å²) in [6.07, 6.45) is 1.88. The van der Waals surface area contributed by atoms with Crippen LogP contribution in [0.15, 0.2) is 34.7 Å². The lowest BCUT2D eigenvalue weighted by Crippen LogP contribution is -2.59. The van der Waals surface area contributed by atoms with E-state index in [-0.39, 0.29) is 12.1 Å². The molecule has 7 nitrogen and oxygen atoms in total. The third-order valence-corrected chi connectivity index (χ3v) is 17.8. The Morgan fingerprint density at radius 1 is 0.970 bits per heavy atom. The predicted molar refractivity (Wildman–Crippen MR) is 147 cm³/mol. The number of hydrogen-bond acceptors (Lipinski definition) is 6. The van der Waals surface area contributed by atoms with Gasteiger partial charge in [-0.3, -0.25) is 4.79 Å². The molecule has 0 aromatic rings. The normalized spacial score (nSPS) is 15.8. The van der Waals surface area contributed by atoms with Crippen molar-refractivity contribution < 1.29 is 17.1 Å². The Labute approximate surface area is 206 Å². The van der Waals surface area contributed by atoms with Gasteiger partial charge < -0.3 is 22.6 Å². The van der Waals surface area contributed by atoms with Gasteiger partial charge in [0.2, 0.25) is 0 Å². The highest BCUT2D eigenvalue weighted by molar-refractivity contribution is 6.92. The lowest BCUT2D eigenvalue weighted by atomic mass is 10.0. The summed E-state index contributed by atoms with van der Waals surface area (Å²) in [5.41, 5.74) is 1.58. The first-order valence-corrected chi connectivity index (χ1v) is 23.1. The van der Waals surface area contributed by atoms with Crippen LogP contribution in [0, 0.1) is 11.3 Å². The molecule has 0 aromatic heterocycles. The highest BCUT2D eigenvalue weighted by Gasteiger charge is 2.46. The van der Waals surface area contributed by atoms with Gasteiger partial charge in [0.25, 0.3) is 5.91 Å². The zero-order valence-electron chi connectivity index (χ0n) is 23.0. The molecule has 0 aromatic carbocycles. The maximum Gasteiger partial charge on any atom is 0.347 e. The van der Waals surface area contributed by atoms with E-state index in [2.05, 4.69) is 51.2 Å². The molecular weight excluding hydrogens is 483 g/mol. The largest absolute Gasteiger partial charge is 0.437 e. The lowest BCUT2D eigenvalue weighted by Gasteiger charge is -2.42. The summed E-state index contributed by atoms with van der Waals surface area (Å²) < 4.78 is 19.6. The lowest BCUT2D eigenvalue weighted by molar-refractivity contribution is -0.116. The standard InChI is InChI=1S/C22H45N3O4Si4/c1-18(17-25(4)5)20(3)21(15-23)22(26)24-16-19(2)33(14,28-31(9,10)11)29-32(12,13)27-30(6,7)8/h17H,2,16H2,1,3-14H3,(H,24,26). The predicted octanol–water partition coefficient (Wildman–Crippen LogP) is 5.00. The van der Waals surface area contributed by atoms with E-state index in [1.165, 1.54) is 0 Å². The molecule has 1 amide bonds. The fourth-order valence-electron chi connectivity index (χ4n) is 3.40. The van der Waals surface area contributed by atoms with E-state index < -0.39 is 39.7 Å². The maximum atomic E-state index is 12.9. The second-order valence-electron chi connectivity index (χ2n) is 11.1. The van der Waals surface area contributed by atoms with Crippen molar-refractivity contribution in [2.75, 3.05) is 20.6 Å². The third kappa shape index (κ3) is 12.1. The van der Waals surface area contributed by atoms with Crippen LogP contribution in [0.5, 0.6) is 0 Å². The van der Waals surface area contributed by atoms with Crippen LogP contribution in [0.4, 0.5) is 0 Å². The van der Waals surface area contributed by atoms with E-state index in [9.17, 15) is 10.1 Å². The van der Waals surface area contributed by atoms with E-state index in [1.807, 2.05) is 57.8 Å². The molecule has 188 valence electrons. The molecule has 11 heteroatoms. The fraction of sp³-hybridized carbons (Fsp3) is 0.636. The van der Waals surface area contributed by atoms with Gasteiger partial charge in [-0.15, -0.1) is 0 Å². The van der Waals surface area contributed by atoms with E-state index in [4.69, 9.17) is 12.3 Å². The minimum absolute atomic E-state index is 0.0885. The number of hydrogen-bond donors (Lipinski definition) is 1. The maximum absolute atomic E-state index is 12.9. The van der Waals surface area contributed by atoms with Crippen LogP contribution in [0.3, 0.4) is 0 Å². The van der Waals surface area contributed by atoms with Crippen LogP contribution in [0.2, 0.25) is 58.9 Å². The average molecular weight is 528 g/mol. The van der Waals surface area contributed by atoms with Crippen molar-refractivity contribution in [3.05, 3.63) is 34.7 Å². The summed E-state index contributed by atoms with van der Waals surface area (Å²) in [5.74, 6) is -0.429. The first-order valence-electron chi connectivity index (χ1n) is 11.2. The van der Waals surface area contributed by atoms with Crippen LogP contribution in [0.25, 0.3) is 0 Å². The first-order chi connectivity index (χ1) is 14.6. The van der Waals surface area contributed by atoms with Gasteiger partial charge in [0.05, 0.1) is 0 Å². The minimum Gasteiger partial charge on any atom is -0.437 e. The Balaban J connectivity index is 5.79. The van der Waals surface area contributed by atoms with Gasteiger partial charge in [-0.1, -0.05) is 6.58 Å². The number of nitrogens with zero attached hydrogens (tertiary/aromatic N) is 2. The van der Waals surface area contributed by atoms with Gasteiger partial charge in [-0.2, -0.15) is 5.26 Å². The Hall–Kier alpha value is -1.27. The summed E-state index contributed by atoms with van der Waals surface area (Å²) in [7, 11) is -5.41.